The molecular weight excluding hydrogens is 663 g/mol. The van der Waals surface area contributed by atoms with Gasteiger partial charge in [-0.2, -0.15) is 0 Å². The van der Waals surface area contributed by atoms with Gasteiger partial charge in [0, 0.05) is 43.8 Å². The van der Waals surface area contributed by atoms with Crippen molar-refractivity contribution in [3.8, 4) is 0 Å². The lowest BCUT2D eigenvalue weighted by molar-refractivity contribution is 0.0291. The predicted molar refractivity (Wildman–Crippen MR) is 209 cm³/mol. The largest absolute Gasteiger partial charge is 0.444 e. The quantitative estimate of drug-likeness (QED) is 0.230. The highest BCUT2D eigenvalue weighted by molar-refractivity contribution is 5.86. The summed E-state index contributed by atoms with van der Waals surface area (Å²) in [5.74, 6) is 1.40. The Balaban J connectivity index is 0.000000326. The number of hydrogen-bond donors (Lipinski definition) is 3. The van der Waals surface area contributed by atoms with E-state index >= 15 is 0 Å². The minimum Gasteiger partial charge on any atom is -0.444 e. The number of carbonyl (C=O) groups is 1. The third-order valence-electron chi connectivity index (χ3n) is 9.45. The molecule has 2 saturated carbocycles. The number of halogens is 3. The zero-order valence-electron chi connectivity index (χ0n) is 29.5. The summed E-state index contributed by atoms with van der Waals surface area (Å²) in [4.78, 5) is 14.0. The van der Waals surface area contributed by atoms with E-state index in [9.17, 15) is 4.79 Å². The predicted octanol–water partition coefficient (Wildman–Crippen LogP) is 8.55. The Morgan fingerprint density at radius 1 is 0.812 bits per heavy atom. The van der Waals surface area contributed by atoms with Gasteiger partial charge < -0.3 is 25.6 Å². The fourth-order valence-electron chi connectivity index (χ4n) is 6.84. The Bertz CT molecular complexity index is 1300. The van der Waals surface area contributed by atoms with Crippen LogP contribution in [0.1, 0.15) is 84.3 Å². The number of benzene rings is 2. The lowest BCUT2D eigenvalue weighted by Crippen LogP contribution is -2.39. The summed E-state index contributed by atoms with van der Waals surface area (Å²) in [6.45, 7) is 14.1. The molecule has 6 atom stereocenters. The van der Waals surface area contributed by atoms with Crippen LogP contribution in [0.15, 0.2) is 71.8 Å². The first-order valence-electron chi connectivity index (χ1n) is 17.4. The molecule has 2 saturated heterocycles. The fraction of sp³-hybridized carbons (Fsp3) is 0.564. The molecule has 0 bridgehead atoms. The van der Waals surface area contributed by atoms with E-state index in [0.717, 1.165) is 44.4 Å². The second kappa shape index (κ2) is 20.0. The SMILES string of the molecule is CC/C(=C\c1ccccc1)[C@@H]1C[C@H]1NC1CCN(C(=O)OC(C)(C)C)C1.CC/C(=C\c1ccccc1)[C@@H]1C[C@H]1NC1CCNC1.Cl.Cl.Cl. The van der Waals surface area contributed by atoms with Crippen molar-refractivity contribution in [1.29, 1.82) is 0 Å². The van der Waals surface area contributed by atoms with Crippen LogP contribution >= 0.6 is 37.2 Å². The number of likely N-dealkylation sites (tertiary alicyclic amines) is 1. The Hall–Kier alpha value is -2.06. The van der Waals surface area contributed by atoms with Crippen molar-refractivity contribution in [1.82, 2.24) is 20.9 Å². The summed E-state index contributed by atoms with van der Waals surface area (Å²) in [5, 5.41) is 11.0. The molecule has 0 aromatic heterocycles. The van der Waals surface area contributed by atoms with Crippen LogP contribution in [0, 0.1) is 11.8 Å². The fourth-order valence-corrected chi connectivity index (χ4v) is 6.84. The molecule has 6 nitrogen and oxygen atoms in total. The highest BCUT2D eigenvalue weighted by Gasteiger charge is 2.42. The van der Waals surface area contributed by atoms with Crippen LogP contribution in [0.2, 0.25) is 0 Å². The van der Waals surface area contributed by atoms with E-state index in [-0.39, 0.29) is 43.3 Å². The Labute approximate surface area is 308 Å². The second-order valence-corrected chi connectivity index (χ2v) is 14.3. The molecule has 0 radical (unpaired) electrons. The summed E-state index contributed by atoms with van der Waals surface area (Å²) in [5.41, 5.74) is 5.33. The third-order valence-corrected chi connectivity index (χ3v) is 9.45. The summed E-state index contributed by atoms with van der Waals surface area (Å²) >= 11 is 0. The van der Waals surface area contributed by atoms with Gasteiger partial charge >= 0.3 is 6.09 Å². The standard InChI is InChI=1S/C22H32N2O2.C17H24N2.3ClH/c1-5-17(13-16-9-7-6-8-10-16)19-14-20(19)23-18-11-12-24(15-18)21(25)26-22(2,3)4;1-2-14(10-13-6-4-3-5-7-13)16-11-17(16)19-15-8-9-18-12-15;;;/h6-10,13,18-20,23H,5,11-12,14-15H2,1-4H3;3-7,10,15-19H,2,8-9,11-12H2,1H3;3*1H/b17-13+;14-10+;;;/t18?,19-,20+;15?,16-,17+;;;/m00.../s1. The van der Waals surface area contributed by atoms with Gasteiger partial charge in [0.15, 0.2) is 0 Å². The van der Waals surface area contributed by atoms with Crippen LogP contribution in [0.3, 0.4) is 0 Å². The maximum Gasteiger partial charge on any atom is 0.410 e. The van der Waals surface area contributed by atoms with Gasteiger partial charge in [-0.3, -0.25) is 0 Å². The van der Waals surface area contributed by atoms with E-state index in [1.54, 1.807) is 5.57 Å². The van der Waals surface area contributed by atoms with E-state index in [1.807, 2.05) is 25.7 Å². The molecule has 4 fully saturated rings. The molecule has 1 amide bonds. The molecule has 2 aliphatic carbocycles. The van der Waals surface area contributed by atoms with Gasteiger partial charge in [0.2, 0.25) is 0 Å². The maximum absolute atomic E-state index is 12.2. The Morgan fingerprint density at radius 2 is 1.31 bits per heavy atom. The van der Waals surface area contributed by atoms with E-state index in [0.29, 0.717) is 24.0 Å². The Kier molecular flexibility index (Phi) is 17.5. The molecule has 9 heteroatoms. The molecule has 2 unspecified atom stereocenters. The number of nitrogens with zero attached hydrogens (tertiary/aromatic N) is 1. The summed E-state index contributed by atoms with van der Waals surface area (Å²) in [6, 6.07) is 23.6. The third kappa shape index (κ3) is 13.0. The van der Waals surface area contributed by atoms with Crippen LogP contribution in [0.4, 0.5) is 4.79 Å². The summed E-state index contributed by atoms with van der Waals surface area (Å²) in [6.07, 6.45) is 11.6. The van der Waals surface area contributed by atoms with Crippen LogP contribution in [0.25, 0.3) is 12.2 Å². The van der Waals surface area contributed by atoms with Crippen molar-refractivity contribution in [2.45, 2.75) is 103 Å². The number of amides is 1. The topological polar surface area (TPSA) is 65.6 Å². The first-order chi connectivity index (χ1) is 21.7. The van der Waals surface area contributed by atoms with Crippen molar-refractivity contribution >= 4 is 55.5 Å². The van der Waals surface area contributed by atoms with Gasteiger partial charge in [-0.05, 0) is 88.8 Å². The van der Waals surface area contributed by atoms with Gasteiger partial charge in [-0.25, -0.2) is 4.79 Å². The molecule has 2 aliphatic heterocycles. The zero-order chi connectivity index (χ0) is 31.8. The highest BCUT2D eigenvalue weighted by Crippen LogP contribution is 2.41. The van der Waals surface area contributed by atoms with E-state index in [1.165, 1.54) is 48.9 Å². The number of ether oxygens (including phenoxy) is 1. The molecule has 6 rings (SSSR count). The van der Waals surface area contributed by atoms with Gasteiger partial charge in [0.25, 0.3) is 0 Å². The van der Waals surface area contributed by atoms with Crippen molar-refractivity contribution in [2.24, 2.45) is 11.8 Å². The molecule has 0 spiro atoms. The number of hydrogen-bond acceptors (Lipinski definition) is 5. The number of rotatable bonds is 10. The maximum atomic E-state index is 12.2. The van der Waals surface area contributed by atoms with Gasteiger partial charge in [0.05, 0.1) is 0 Å². The van der Waals surface area contributed by atoms with Crippen molar-refractivity contribution < 1.29 is 9.53 Å². The average Bonchev–Trinajstić information content (AvgIpc) is 3.82. The van der Waals surface area contributed by atoms with E-state index < -0.39 is 5.60 Å². The van der Waals surface area contributed by atoms with Crippen LogP contribution < -0.4 is 16.0 Å². The monoisotopic (exact) mass is 720 g/mol. The van der Waals surface area contributed by atoms with Crippen LogP contribution in [0.5, 0.6) is 0 Å². The Morgan fingerprint density at radius 3 is 1.75 bits per heavy atom. The molecule has 48 heavy (non-hydrogen) atoms. The van der Waals surface area contributed by atoms with Crippen LogP contribution in [-0.4, -0.2) is 66.9 Å². The van der Waals surface area contributed by atoms with Gasteiger partial charge in [-0.1, -0.05) is 97.8 Å². The molecule has 3 N–H and O–H groups in total. The minimum absolute atomic E-state index is 0. The highest BCUT2D eigenvalue weighted by atomic mass is 35.5. The molecule has 4 aliphatic rings. The van der Waals surface area contributed by atoms with Crippen molar-refractivity contribution in [2.75, 3.05) is 26.2 Å². The lowest BCUT2D eigenvalue weighted by atomic mass is 10.0. The normalized spacial score (nSPS) is 26.2. The molecule has 2 heterocycles. The van der Waals surface area contributed by atoms with Crippen molar-refractivity contribution in [3.63, 3.8) is 0 Å². The summed E-state index contributed by atoms with van der Waals surface area (Å²) < 4.78 is 5.48. The minimum atomic E-state index is -0.428. The second-order valence-electron chi connectivity index (χ2n) is 14.3. The molecule has 268 valence electrons. The summed E-state index contributed by atoms with van der Waals surface area (Å²) in [7, 11) is 0. The molecule has 2 aromatic rings. The van der Waals surface area contributed by atoms with Crippen LogP contribution in [-0.2, 0) is 4.74 Å². The smallest absolute Gasteiger partial charge is 0.410 e. The number of carbonyl (C=O) groups excluding carboxylic acids is 1. The lowest BCUT2D eigenvalue weighted by Gasteiger charge is -2.24. The van der Waals surface area contributed by atoms with E-state index in [4.69, 9.17) is 4.74 Å². The van der Waals surface area contributed by atoms with E-state index in [2.05, 4.69) is 103 Å². The number of nitrogens with one attached hydrogen (secondary N) is 3. The van der Waals surface area contributed by atoms with Gasteiger partial charge in [-0.15, -0.1) is 37.2 Å². The first-order valence-corrected chi connectivity index (χ1v) is 17.4. The van der Waals surface area contributed by atoms with Gasteiger partial charge in [0.1, 0.15) is 5.60 Å². The average molecular weight is 722 g/mol. The first kappa shape index (κ1) is 42.1. The molecule has 2 aromatic carbocycles. The molecular formula is C39H59Cl3N4O2. The zero-order valence-corrected chi connectivity index (χ0v) is 31.9. The van der Waals surface area contributed by atoms with Crippen molar-refractivity contribution in [3.05, 3.63) is 82.9 Å².